The van der Waals surface area contributed by atoms with Crippen LogP contribution in [0.4, 0.5) is 8.78 Å². The molecule has 0 aliphatic rings. The first-order chi connectivity index (χ1) is 15.0. The van der Waals surface area contributed by atoms with Gasteiger partial charge < -0.3 is 20.1 Å². The quantitative estimate of drug-likeness (QED) is 0.422. The summed E-state index contributed by atoms with van der Waals surface area (Å²) in [6, 6.07) is 14.6. The third-order valence-electron chi connectivity index (χ3n) is 4.52. The molecule has 0 aliphatic heterocycles. The number of rotatable bonds is 8. The highest BCUT2D eigenvalue weighted by Crippen LogP contribution is 2.22. The van der Waals surface area contributed by atoms with Gasteiger partial charge in [-0.3, -0.25) is 4.99 Å². The average molecular weight is 429 g/mol. The largest absolute Gasteiger partial charge is 0.497 e. The Hall–Kier alpha value is -3.62. The number of methoxy groups -OCH3 is 1. The molecule has 164 valence electrons. The molecule has 0 radical (unpaired) electrons. The minimum Gasteiger partial charge on any atom is -0.497 e. The highest BCUT2D eigenvalue weighted by Gasteiger charge is 2.11. The van der Waals surface area contributed by atoms with Crippen molar-refractivity contribution >= 4 is 5.96 Å². The second-order valence-corrected chi connectivity index (χ2v) is 6.72. The number of aryl methyl sites for hydroxylation is 1. The molecule has 0 spiro atoms. The standard InChI is InChI=1S/C22H25F2N5O2/c1-15-4-9-20(31-21(23)24)16(12-15)13-26-22(25-2)27-14-17-10-11-29(28-17)18-5-7-19(30-3)8-6-18/h4-12,21H,13-14H2,1-3H3,(H2,25,26,27). The number of hydrogen-bond donors (Lipinski definition) is 2. The SMILES string of the molecule is CN=C(NCc1ccn(-c2ccc(OC)cc2)n1)NCc1cc(C)ccc1OC(F)F. The van der Waals surface area contributed by atoms with Crippen molar-refractivity contribution in [1.82, 2.24) is 20.4 Å². The van der Waals surface area contributed by atoms with Gasteiger partial charge in [-0.25, -0.2) is 4.68 Å². The molecule has 1 aromatic heterocycles. The lowest BCUT2D eigenvalue weighted by molar-refractivity contribution is -0.0504. The molecule has 9 heteroatoms. The van der Waals surface area contributed by atoms with E-state index >= 15 is 0 Å². The Morgan fingerprint density at radius 2 is 1.84 bits per heavy atom. The normalized spacial score (nSPS) is 11.5. The van der Waals surface area contributed by atoms with Crippen LogP contribution in [0.5, 0.6) is 11.5 Å². The van der Waals surface area contributed by atoms with Crippen LogP contribution in [0, 0.1) is 6.92 Å². The van der Waals surface area contributed by atoms with Gasteiger partial charge in [-0.05, 0) is 43.3 Å². The molecule has 0 saturated heterocycles. The predicted molar refractivity (Wildman–Crippen MR) is 115 cm³/mol. The van der Waals surface area contributed by atoms with E-state index in [1.807, 2.05) is 43.5 Å². The van der Waals surface area contributed by atoms with Crippen LogP contribution in [-0.4, -0.2) is 36.5 Å². The highest BCUT2D eigenvalue weighted by atomic mass is 19.3. The number of nitrogens with zero attached hydrogens (tertiary/aromatic N) is 3. The van der Waals surface area contributed by atoms with Crippen LogP contribution in [-0.2, 0) is 13.1 Å². The van der Waals surface area contributed by atoms with Gasteiger partial charge >= 0.3 is 6.61 Å². The Bertz CT molecular complexity index is 1020. The van der Waals surface area contributed by atoms with Crippen molar-refractivity contribution in [2.45, 2.75) is 26.6 Å². The Balaban J connectivity index is 1.58. The lowest BCUT2D eigenvalue weighted by Gasteiger charge is -2.15. The molecule has 31 heavy (non-hydrogen) atoms. The van der Waals surface area contributed by atoms with Crippen LogP contribution >= 0.6 is 0 Å². The number of benzene rings is 2. The van der Waals surface area contributed by atoms with Gasteiger partial charge in [-0.2, -0.15) is 13.9 Å². The van der Waals surface area contributed by atoms with Crippen molar-refractivity contribution < 1.29 is 18.3 Å². The maximum atomic E-state index is 12.6. The first kappa shape index (κ1) is 22.1. The van der Waals surface area contributed by atoms with Crippen LogP contribution < -0.4 is 20.1 Å². The Kier molecular flexibility index (Phi) is 7.42. The minimum atomic E-state index is -2.88. The van der Waals surface area contributed by atoms with E-state index in [2.05, 4.69) is 25.5 Å². The summed E-state index contributed by atoms with van der Waals surface area (Å²) in [6.45, 7) is -0.262. The Morgan fingerprint density at radius 1 is 1.10 bits per heavy atom. The number of aromatic nitrogens is 2. The summed E-state index contributed by atoms with van der Waals surface area (Å²) in [7, 11) is 3.26. The van der Waals surface area contributed by atoms with Crippen LogP contribution in [0.3, 0.4) is 0 Å². The van der Waals surface area contributed by atoms with E-state index in [0.717, 1.165) is 22.7 Å². The lowest BCUT2D eigenvalue weighted by Crippen LogP contribution is -2.36. The zero-order valence-corrected chi connectivity index (χ0v) is 17.6. The van der Waals surface area contributed by atoms with E-state index in [0.29, 0.717) is 18.1 Å². The summed E-state index contributed by atoms with van der Waals surface area (Å²) in [5.41, 5.74) is 3.30. The molecule has 0 aliphatic carbocycles. The number of ether oxygens (including phenoxy) is 2. The molecule has 0 saturated carbocycles. The van der Waals surface area contributed by atoms with Crippen molar-refractivity contribution in [3.63, 3.8) is 0 Å². The summed E-state index contributed by atoms with van der Waals surface area (Å²) < 4.78 is 36.8. The van der Waals surface area contributed by atoms with Gasteiger partial charge in [-0.15, -0.1) is 0 Å². The van der Waals surface area contributed by atoms with Crippen LogP contribution in [0.25, 0.3) is 5.69 Å². The fraction of sp³-hybridized carbons (Fsp3) is 0.273. The third kappa shape index (κ3) is 6.18. The van der Waals surface area contributed by atoms with E-state index < -0.39 is 6.61 Å². The Labute approximate surface area is 179 Å². The van der Waals surface area contributed by atoms with E-state index in [4.69, 9.17) is 4.74 Å². The van der Waals surface area contributed by atoms with Crippen molar-refractivity contribution in [2.24, 2.45) is 4.99 Å². The molecule has 0 amide bonds. The molecule has 0 fully saturated rings. The zero-order chi connectivity index (χ0) is 22.2. The molecule has 2 N–H and O–H groups in total. The number of nitrogens with one attached hydrogen (secondary N) is 2. The van der Waals surface area contributed by atoms with Gasteiger partial charge in [0.1, 0.15) is 11.5 Å². The van der Waals surface area contributed by atoms with Gasteiger partial charge in [0.05, 0.1) is 25.0 Å². The third-order valence-corrected chi connectivity index (χ3v) is 4.52. The van der Waals surface area contributed by atoms with E-state index in [1.165, 1.54) is 0 Å². The molecular weight excluding hydrogens is 404 g/mol. The van der Waals surface area contributed by atoms with Crippen molar-refractivity contribution in [2.75, 3.05) is 14.2 Å². The number of alkyl halides is 2. The summed E-state index contributed by atoms with van der Waals surface area (Å²) in [5.74, 6) is 1.44. The lowest BCUT2D eigenvalue weighted by atomic mass is 10.1. The van der Waals surface area contributed by atoms with E-state index in [1.54, 1.807) is 37.0 Å². The molecule has 3 rings (SSSR count). The van der Waals surface area contributed by atoms with Crippen molar-refractivity contribution in [3.8, 4) is 17.2 Å². The van der Waals surface area contributed by atoms with Gasteiger partial charge in [0, 0.05) is 25.4 Å². The zero-order valence-electron chi connectivity index (χ0n) is 17.6. The number of aliphatic imine (C=N–C) groups is 1. The van der Waals surface area contributed by atoms with Crippen LogP contribution in [0.15, 0.2) is 59.7 Å². The summed E-state index contributed by atoms with van der Waals surface area (Å²) in [5, 5.41) is 10.8. The second-order valence-electron chi connectivity index (χ2n) is 6.72. The van der Waals surface area contributed by atoms with Gasteiger partial charge in [0.2, 0.25) is 0 Å². The monoisotopic (exact) mass is 429 g/mol. The molecule has 7 nitrogen and oxygen atoms in total. The fourth-order valence-corrected chi connectivity index (χ4v) is 2.97. The number of halogens is 2. The predicted octanol–water partition coefficient (Wildman–Crippen LogP) is 3.66. The molecule has 0 unspecified atom stereocenters. The average Bonchev–Trinajstić information content (AvgIpc) is 3.24. The van der Waals surface area contributed by atoms with Crippen LogP contribution in [0.1, 0.15) is 16.8 Å². The van der Waals surface area contributed by atoms with Gasteiger partial charge in [0.25, 0.3) is 0 Å². The molecule has 3 aromatic rings. The summed E-state index contributed by atoms with van der Waals surface area (Å²) in [6.07, 6.45) is 1.87. The maximum Gasteiger partial charge on any atom is 0.387 e. The first-order valence-electron chi connectivity index (χ1n) is 9.66. The van der Waals surface area contributed by atoms with Gasteiger partial charge in [0.15, 0.2) is 5.96 Å². The number of hydrogen-bond acceptors (Lipinski definition) is 4. The molecule has 1 heterocycles. The summed E-state index contributed by atoms with van der Waals surface area (Å²) >= 11 is 0. The topological polar surface area (TPSA) is 72.7 Å². The Morgan fingerprint density at radius 3 is 2.52 bits per heavy atom. The smallest absolute Gasteiger partial charge is 0.387 e. The minimum absolute atomic E-state index is 0.141. The van der Waals surface area contributed by atoms with E-state index in [9.17, 15) is 8.78 Å². The molecule has 2 aromatic carbocycles. The van der Waals surface area contributed by atoms with Crippen molar-refractivity contribution in [1.29, 1.82) is 0 Å². The van der Waals surface area contributed by atoms with Gasteiger partial charge in [-0.1, -0.05) is 17.7 Å². The molecular formula is C22H25F2N5O2. The first-order valence-corrected chi connectivity index (χ1v) is 9.66. The molecule has 0 bridgehead atoms. The fourth-order valence-electron chi connectivity index (χ4n) is 2.97. The van der Waals surface area contributed by atoms with Crippen molar-refractivity contribution in [3.05, 3.63) is 71.5 Å². The number of guanidine groups is 1. The van der Waals surface area contributed by atoms with E-state index in [-0.39, 0.29) is 12.3 Å². The molecule has 0 atom stereocenters. The maximum absolute atomic E-state index is 12.6. The highest BCUT2D eigenvalue weighted by molar-refractivity contribution is 5.79. The summed E-state index contributed by atoms with van der Waals surface area (Å²) in [4.78, 5) is 4.17. The second kappa shape index (κ2) is 10.4. The van der Waals surface area contributed by atoms with Crippen LogP contribution in [0.2, 0.25) is 0 Å².